The fourth-order valence-corrected chi connectivity index (χ4v) is 4.36. The molecule has 0 atom stereocenters. The average Bonchev–Trinajstić information content (AvgIpc) is 2.78. The molecule has 1 aliphatic rings. The Morgan fingerprint density at radius 2 is 1.77 bits per heavy atom. The lowest BCUT2D eigenvalue weighted by atomic mass is 9.78. The van der Waals surface area contributed by atoms with Crippen LogP contribution in [0, 0.1) is 24.2 Å². The zero-order valence-corrected chi connectivity index (χ0v) is 18.3. The van der Waals surface area contributed by atoms with E-state index in [1.165, 1.54) is 30.4 Å². The van der Waals surface area contributed by atoms with E-state index in [0.717, 1.165) is 44.1 Å². The summed E-state index contributed by atoms with van der Waals surface area (Å²) in [6.07, 6.45) is 9.45. The summed E-state index contributed by atoms with van der Waals surface area (Å²) in [5, 5.41) is 9.51. The third-order valence-electron chi connectivity index (χ3n) is 6.30. The summed E-state index contributed by atoms with van der Waals surface area (Å²) in [6, 6.07) is 16.6. The van der Waals surface area contributed by atoms with Gasteiger partial charge in [0, 0.05) is 0 Å². The van der Waals surface area contributed by atoms with Gasteiger partial charge in [-0.2, -0.15) is 5.26 Å². The first-order chi connectivity index (χ1) is 14.6. The number of aryl methyl sites for hydroxylation is 2. The van der Waals surface area contributed by atoms with Gasteiger partial charge in [0.15, 0.2) is 0 Å². The number of benzene rings is 2. The van der Waals surface area contributed by atoms with Gasteiger partial charge in [0.2, 0.25) is 0 Å². The molecule has 2 aromatic rings. The second-order valence-electron chi connectivity index (χ2n) is 8.63. The number of rotatable bonds is 8. The van der Waals surface area contributed by atoms with Crippen LogP contribution >= 0.6 is 0 Å². The molecular formula is C27H33NO2. The Hall–Kier alpha value is -2.60. The standard InChI is InChI=1S/C27H33NO2/c1-3-4-5-6-7-21-10-17-26(25(18-21)19-28)30-27(29)24-15-13-23(14-16-24)22-11-8-20(2)9-12-22/h8-12,17-18,23-24H,3-7,13-16H2,1-2H3. The van der Waals surface area contributed by atoms with Crippen molar-refractivity contribution in [2.75, 3.05) is 0 Å². The molecule has 1 aliphatic carbocycles. The minimum absolute atomic E-state index is 0.0769. The second-order valence-corrected chi connectivity index (χ2v) is 8.63. The molecule has 0 bridgehead atoms. The normalized spacial score (nSPS) is 18.6. The van der Waals surface area contributed by atoms with E-state index in [1.807, 2.05) is 12.1 Å². The molecule has 3 nitrogen and oxygen atoms in total. The van der Waals surface area contributed by atoms with Crippen LogP contribution in [-0.4, -0.2) is 5.97 Å². The number of ether oxygens (including phenoxy) is 1. The lowest BCUT2D eigenvalue weighted by Crippen LogP contribution is -2.25. The quantitative estimate of drug-likeness (QED) is 0.274. The summed E-state index contributed by atoms with van der Waals surface area (Å²) in [4.78, 5) is 12.7. The molecule has 0 N–H and O–H groups in total. The molecule has 0 aromatic heterocycles. The van der Waals surface area contributed by atoms with E-state index in [1.54, 1.807) is 6.07 Å². The Balaban J connectivity index is 1.54. The van der Waals surface area contributed by atoms with Crippen molar-refractivity contribution < 1.29 is 9.53 Å². The molecule has 0 unspecified atom stereocenters. The Labute approximate surface area is 181 Å². The molecule has 30 heavy (non-hydrogen) atoms. The maximum atomic E-state index is 12.7. The van der Waals surface area contributed by atoms with E-state index in [-0.39, 0.29) is 11.9 Å². The van der Waals surface area contributed by atoms with Crippen LogP contribution in [0.3, 0.4) is 0 Å². The molecule has 0 amide bonds. The Bertz CT molecular complexity index is 871. The van der Waals surface area contributed by atoms with Crippen LogP contribution < -0.4 is 4.74 Å². The zero-order valence-electron chi connectivity index (χ0n) is 18.3. The first kappa shape index (κ1) is 22.1. The first-order valence-corrected chi connectivity index (χ1v) is 11.4. The SMILES string of the molecule is CCCCCCc1ccc(OC(=O)C2CCC(c3ccc(C)cc3)CC2)c(C#N)c1. The van der Waals surface area contributed by atoms with Crippen LogP contribution in [0.15, 0.2) is 42.5 Å². The van der Waals surface area contributed by atoms with Crippen LogP contribution in [0.1, 0.15) is 86.5 Å². The second kappa shape index (κ2) is 11.0. The molecule has 2 aromatic carbocycles. The predicted octanol–water partition coefficient (Wildman–Crippen LogP) is 6.87. The monoisotopic (exact) mass is 403 g/mol. The van der Waals surface area contributed by atoms with Gasteiger partial charge in [-0.1, -0.05) is 62.1 Å². The summed E-state index contributed by atoms with van der Waals surface area (Å²) < 4.78 is 5.67. The van der Waals surface area contributed by atoms with Crippen LogP contribution in [0.2, 0.25) is 0 Å². The van der Waals surface area contributed by atoms with E-state index in [9.17, 15) is 10.1 Å². The van der Waals surface area contributed by atoms with Crippen molar-refractivity contribution in [1.82, 2.24) is 0 Å². The van der Waals surface area contributed by atoms with Crippen molar-refractivity contribution in [3.8, 4) is 11.8 Å². The van der Waals surface area contributed by atoms with Gasteiger partial charge in [0.25, 0.3) is 0 Å². The van der Waals surface area contributed by atoms with Gasteiger partial charge in [-0.25, -0.2) is 0 Å². The Morgan fingerprint density at radius 1 is 1.03 bits per heavy atom. The number of nitrogens with zero attached hydrogens (tertiary/aromatic N) is 1. The van der Waals surface area contributed by atoms with Crippen molar-refractivity contribution in [1.29, 1.82) is 5.26 Å². The summed E-state index contributed by atoms with van der Waals surface area (Å²) in [5.74, 6) is 0.660. The number of hydrogen-bond acceptors (Lipinski definition) is 3. The smallest absolute Gasteiger partial charge is 0.314 e. The van der Waals surface area contributed by atoms with Crippen LogP contribution in [-0.2, 0) is 11.2 Å². The maximum Gasteiger partial charge on any atom is 0.314 e. The summed E-state index contributed by atoms with van der Waals surface area (Å²) in [6.45, 7) is 4.30. The minimum Gasteiger partial charge on any atom is -0.425 e. The number of hydrogen-bond donors (Lipinski definition) is 0. The van der Waals surface area contributed by atoms with E-state index >= 15 is 0 Å². The number of unbranched alkanes of at least 4 members (excludes halogenated alkanes) is 3. The molecule has 1 saturated carbocycles. The Kier molecular flexibility index (Phi) is 8.08. The predicted molar refractivity (Wildman–Crippen MR) is 121 cm³/mol. The van der Waals surface area contributed by atoms with Crippen molar-refractivity contribution in [2.45, 2.75) is 77.6 Å². The van der Waals surface area contributed by atoms with Crippen molar-refractivity contribution >= 4 is 5.97 Å². The number of carbonyl (C=O) groups is 1. The molecule has 1 fully saturated rings. The third kappa shape index (κ3) is 5.95. The molecule has 0 spiro atoms. The minimum atomic E-state index is -0.190. The highest BCUT2D eigenvalue weighted by Gasteiger charge is 2.29. The van der Waals surface area contributed by atoms with Gasteiger partial charge in [0.05, 0.1) is 11.5 Å². The largest absolute Gasteiger partial charge is 0.425 e. The van der Waals surface area contributed by atoms with Crippen LogP contribution in [0.25, 0.3) is 0 Å². The maximum absolute atomic E-state index is 12.7. The summed E-state index contributed by atoms with van der Waals surface area (Å²) in [7, 11) is 0. The molecule has 3 heteroatoms. The van der Waals surface area contributed by atoms with Crippen molar-refractivity contribution in [3.05, 3.63) is 64.7 Å². The van der Waals surface area contributed by atoms with Gasteiger partial charge < -0.3 is 4.74 Å². The third-order valence-corrected chi connectivity index (χ3v) is 6.30. The van der Waals surface area contributed by atoms with E-state index in [4.69, 9.17) is 4.74 Å². The van der Waals surface area contributed by atoms with E-state index in [2.05, 4.69) is 44.2 Å². The lowest BCUT2D eigenvalue weighted by Gasteiger charge is -2.27. The number of esters is 1. The van der Waals surface area contributed by atoms with Gasteiger partial charge >= 0.3 is 5.97 Å². The fourth-order valence-electron chi connectivity index (χ4n) is 4.36. The van der Waals surface area contributed by atoms with E-state index < -0.39 is 0 Å². The molecule has 0 aliphatic heterocycles. The molecule has 3 rings (SSSR count). The van der Waals surface area contributed by atoms with Gasteiger partial charge in [-0.15, -0.1) is 0 Å². The Morgan fingerprint density at radius 3 is 2.43 bits per heavy atom. The lowest BCUT2D eigenvalue weighted by molar-refractivity contribution is -0.140. The van der Waals surface area contributed by atoms with Crippen LogP contribution in [0.5, 0.6) is 5.75 Å². The average molecular weight is 404 g/mol. The van der Waals surface area contributed by atoms with Gasteiger partial charge in [0.1, 0.15) is 11.8 Å². The fraction of sp³-hybridized carbons (Fsp3) is 0.481. The molecule has 0 radical (unpaired) electrons. The summed E-state index contributed by atoms with van der Waals surface area (Å²) >= 11 is 0. The highest BCUT2D eigenvalue weighted by Crippen LogP contribution is 2.36. The number of carbonyl (C=O) groups excluding carboxylic acids is 1. The van der Waals surface area contributed by atoms with Crippen molar-refractivity contribution in [2.24, 2.45) is 5.92 Å². The highest BCUT2D eigenvalue weighted by molar-refractivity contribution is 5.76. The van der Waals surface area contributed by atoms with Crippen LogP contribution in [0.4, 0.5) is 0 Å². The molecule has 0 saturated heterocycles. The zero-order chi connectivity index (χ0) is 21.3. The number of nitriles is 1. The molecule has 0 heterocycles. The summed E-state index contributed by atoms with van der Waals surface area (Å²) in [5.41, 5.74) is 4.25. The first-order valence-electron chi connectivity index (χ1n) is 11.4. The van der Waals surface area contributed by atoms with Crippen molar-refractivity contribution in [3.63, 3.8) is 0 Å². The topological polar surface area (TPSA) is 50.1 Å². The highest BCUT2D eigenvalue weighted by atomic mass is 16.5. The molecular weight excluding hydrogens is 370 g/mol. The molecule has 158 valence electrons. The van der Waals surface area contributed by atoms with E-state index in [0.29, 0.717) is 17.2 Å². The van der Waals surface area contributed by atoms with Gasteiger partial charge in [-0.05, 0) is 74.6 Å². The van der Waals surface area contributed by atoms with Gasteiger partial charge in [-0.3, -0.25) is 4.79 Å².